The summed E-state index contributed by atoms with van der Waals surface area (Å²) in [6.45, 7) is 0. The summed E-state index contributed by atoms with van der Waals surface area (Å²) >= 11 is 7.40. The van der Waals surface area contributed by atoms with Crippen molar-refractivity contribution < 1.29 is 9.59 Å². The van der Waals surface area contributed by atoms with Gasteiger partial charge in [-0.3, -0.25) is 0 Å². The van der Waals surface area contributed by atoms with Crippen LogP contribution in [0.25, 0.3) is 0 Å². The topological polar surface area (TPSA) is 82.3 Å². The Hall–Kier alpha value is -0.720. The number of unbranched alkanes of at least 4 members (excludes halogenated alkanes) is 3. The van der Waals surface area contributed by atoms with Gasteiger partial charge in [0.15, 0.2) is 0 Å². The molecule has 4 rings (SSSR count). The number of urea groups is 2. The Morgan fingerprint density at radius 1 is 0.862 bits per heavy atom. The van der Waals surface area contributed by atoms with Crippen molar-refractivity contribution in [1.82, 2.24) is 21.3 Å². The van der Waals surface area contributed by atoms with Crippen LogP contribution in [0.15, 0.2) is 0 Å². The van der Waals surface area contributed by atoms with Gasteiger partial charge in [-0.1, -0.05) is 28.8 Å². The van der Waals surface area contributed by atoms with Crippen LogP contribution in [-0.2, 0) is 0 Å². The highest BCUT2D eigenvalue weighted by molar-refractivity contribution is 9.09. The van der Waals surface area contributed by atoms with E-state index in [0.717, 1.165) is 36.1 Å². The van der Waals surface area contributed by atoms with Crippen LogP contribution in [-0.4, -0.2) is 63.6 Å². The summed E-state index contributed by atoms with van der Waals surface area (Å²) in [7, 11) is 0. The predicted molar refractivity (Wildman–Crippen MR) is 126 cm³/mol. The molecule has 0 aromatic heterocycles. The number of amides is 4. The van der Waals surface area contributed by atoms with E-state index in [1.54, 1.807) is 0 Å². The fourth-order valence-electron chi connectivity index (χ4n) is 4.30. The number of terminal acetylenes is 1. The molecule has 0 bridgehead atoms. The van der Waals surface area contributed by atoms with E-state index in [9.17, 15) is 9.59 Å². The van der Waals surface area contributed by atoms with E-state index in [0.29, 0.717) is 34.7 Å². The van der Waals surface area contributed by atoms with E-state index in [1.807, 2.05) is 23.5 Å². The third-order valence-electron chi connectivity index (χ3n) is 5.81. The minimum absolute atomic E-state index is 0.000996. The van der Waals surface area contributed by atoms with Crippen LogP contribution in [0.4, 0.5) is 9.59 Å². The molecule has 4 aliphatic heterocycles. The Morgan fingerprint density at radius 2 is 1.38 bits per heavy atom. The van der Waals surface area contributed by atoms with Crippen molar-refractivity contribution in [3.8, 4) is 12.3 Å². The molecule has 4 heterocycles. The number of hydrogen-bond acceptors (Lipinski definition) is 4. The second-order valence-corrected chi connectivity index (χ2v) is 11.2. The van der Waals surface area contributed by atoms with Crippen LogP contribution in [0.2, 0.25) is 0 Å². The first-order valence-corrected chi connectivity index (χ1v) is 13.7. The highest BCUT2D eigenvalue weighted by Gasteiger charge is 2.43. The lowest BCUT2D eigenvalue weighted by Crippen LogP contribution is -2.36. The molecule has 0 spiro atoms. The summed E-state index contributed by atoms with van der Waals surface area (Å²) in [5, 5.41) is 14.2. The van der Waals surface area contributed by atoms with Crippen LogP contribution >= 0.6 is 39.5 Å². The number of alkyl halides is 1. The standard InChI is InChI=1S/C11H16N2OS.C9H15BrN2OS/c1-2-3-4-5-6-9-10-8(7-15-9)12-11(14)13-10;10-4-2-1-3-7-8-6(5-14-7)11-9(13)12-8/h1,8-10H,3-7H2,(H2,12,13,14);6-8H,1-5H2,(H2,11,12,13)/t8-,9-,10-;6-,7-,8-/m00/s1. The molecule has 0 unspecified atom stereocenters. The molecule has 4 fully saturated rings. The van der Waals surface area contributed by atoms with Crippen LogP contribution in [0.3, 0.4) is 0 Å². The van der Waals surface area contributed by atoms with E-state index in [4.69, 9.17) is 6.42 Å². The predicted octanol–water partition coefficient (Wildman–Crippen LogP) is 3.06. The molecule has 0 aromatic rings. The molecule has 29 heavy (non-hydrogen) atoms. The van der Waals surface area contributed by atoms with E-state index in [1.165, 1.54) is 25.7 Å². The van der Waals surface area contributed by atoms with Gasteiger partial charge >= 0.3 is 12.1 Å². The third-order valence-corrected chi connectivity index (χ3v) is 9.39. The number of rotatable bonds is 8. The van der Waals surface area contributed by atoms with Gasteiger partial charge < -0.3 is 21.3 Å². The lowest BCUT2D eigenvalue weighted by Gasteiger charge is -2.15. The van der Waals surface area contributed by atoms with Crippen LogP contribution in [0.5, 0.6) is 0 Å². The summed E-state index contributed by atoms with van der Waals surface area (Å²) in [6.07, 6.45) is 13.2. The maximum Gasteiger partial charge on any atom is 0.315 e. The van der Waals surface area contributed by atoms with Gasteiger partial charge in [0, 0.05) is 33.8 Å². The van der Waals surface area contributed by atoms with Gasteiger partial charge in [-0.05, 0) is 25.7 Å². The van der Waals surface area contributed by atoms with E-state index in [2.05, 4.69) is 43.1 Å². The van der Waals surface area contributed by atoms with Crippen LogP contribution < -0.4 is 21.3 Å². The van der Waals surface area contributed by atoms with Crippen molar-refractivity contribution in [2.45, 2.75) is 79.6 Å². The largest absolute Gasteiger partial charge is 0.332 e. The van der Waals surface area contributed by atoms with Gasteiger partial charge in [0.05, 0.1) is 24.2 Å². The van der Waals surface area contributed by atoms with Gasteiger partial charge in [-0.2, -0.15) is 23.5 Å². The first-order chi connectivity index (χ1) is 14.1. The fourth-order valence-corrected chi connectivity index (χ4v) is 7.78. The number of fused-ring (bicyclic) bond motifs is 2. The molecule has 6 atom stereocenters. The SMILES string of the molecule is C#CCCCC[C@@H]1SC[C@@H]2NC(=O)N[C@@H]21.O=C1N[C@H]2[C@H](CS[C@H]2CCCCBr)N1. The molecule has 162 valence electrons. The molecule has 0 aromatic carbocycles. The van der Waals surface area contributed by atoms with Crippen molar-refractivity contribution in [2.24, 2.45) is 0 Å². The zero-order chi connectivity index (χ0) is 20.6. The number of halogens is 1. The molecule has 9 heteroatoms. The van der Waals surface area contributed by atoms with Gasteiger partial charge in [0.2, 0.25) is 0 Å². The quantitative estimate of drug-likeness (QED) is 0.178. The zero-order valence-corrected chi connectivity index (χ0v) is 19.8. The maximum absolute atomic E-state index is 11.1. The van der Waals surface area contributed by atoms with E-state index >= 15 is 0 Å². The average Bonchev–Trinajstić information content (AvgIpc) is 3.43. The van der Waals surface area contributed by atoms with E-state index < -0.39 is 0 Å². The third kappa shape index (κ3) is 6.38. The normalized spacial score (nSPS) is 34.1. The molecule has 6 nitrogen and oxygen atoms in total. The molecule has 4 amide bonds. The fraction of sp³-hybridized carbons (Fsp3) is 0.800. The molecular weight excluding hydrogens is 472 g/mol. The van der Waals surface area contributed by atoms with Crippen LogP contribution in [0, 0.1) is 12.3 Å². The highest BCUT2D eigenvalue weighted by Crippen LogP contribution is 2.34. The number of carbonyl (C=O) groups is 2. The molecule has 4 aliphatic rings. The second-order valence-electron chi connectivity index (χ2n) is 7.88. The number of nitrogens with one attached hydrogen (secondary N) is 4. The number of hydrogen-bond donors (Lipinski definition) is 4. The smallest absolute Gasteiger partial charge is 0.315 e. The summed E-state index contributed by atoms with van der Waals surface area (Å²) < 4.78 is 0. The van der Waals surface area contributed by atoms with Crippen molar-refractivity contribution in [1.29, 1.82) is 0 Å². The van der Waals surface area contributed by atoms with Crippen LogP contribution in [0.1, 0.15) is 44.9 Å². The summed E-state index contributed by atoms with van der Waals surface area (Å²) in [5.74, 6) is 4.77. The van der Waals surface area contributed by atoms with Gasteiger partial charge in [-0.25, -0.2) is 9.59 Å². The summed E-state index contributed by atoms with van der Waals surface area (Å²) in [4.78, 5) is 22.2. The number of thioether (sulfide) groups is 2. The Balaban J connectivity index is 0.000000166. The number of carbonyl (C=O) groups excluding carboxylic acids is 2. The minimum Gasteiger partial charge on any atom is -0.332 e. The molecule has 4 N–H and O–H groups in total. The van der Waals surface area contributed by atoms with Gasteiger partial charge in [0.25, 0.3) is 0 Å². The first kappa shape index (κ1) is 23.0. The second kappa shape index (κ2) is 11.6. The molecule has 0 aliphatic carbocycles. The summed E-state index contributed by atoms with van der Waals surface area (Å²) in [6, 6.07) is 1.46. The first-order valence-electron chi connectivity index (χ1n) is 10.5. The van der Waals surface area contributed by atoms with Crippen molar-refractivity contribution >= 4 is 51.5 Å². The molecular formula is C20H31BrN4O2S2. The van der Waals surface area contributed by atoms with E-state index in [-0.39, 0.29) is 12.1 Å². The molecule has 4 saturated heterocycles. The average molecular weight is 504 g/mol. The zero-order valence-electron chi connectivity index (χ0n) is 16.6. The Kier molecular flexibility index (Phi) is 9.19. The monoisotopic (exact) mass is 502 g/mol. The van der Waals surface area contributed by atoms with Gasteiger partial charge in [0.1, 0.15) is 0 Å². The lowest BCUT2D eigenvalue weighted by molar-refractivity contribution is 0.246. The van der Waals surface area contributed by atoms with Crippen molar-refractivity contribution in [3.05, 3.63) is 0 Å². The highest BCUT2D eigenvalue weighted by atomic mass is 79.9. The molecule has 0 saturated carbocycles. The Bertz CT molecular complexity index is 618. The van der Waals surface area contributed by atoms with Crippen molar-refractivity contribution in [3.63, 3.8) is 0 Å². The lowest BCUT2D eigenvalue weighted by atomic mass is 10.0. The Morgan fingerprint density at radius 3 is 1.86 bits per heavy atom. The molecule has 0 radical (unpaired) electrons. The van der Waals surface area contributed by atoms with Crippen molar-refractivity contribution in [2.75, 3.05) is 16.8 Å². The minimum atomic E-state index is -0.000996. The maximum atomic E-state index is 11.1. The Labute approximate surface area is 190 Å². The van der Waals surface area contributed by atoms with Gasteiger partial charge in [-0.15, -0.1) is 12.3 Å². The summed E-state index contributed by atoms with van der Waals surface area (Å²) in [5.41, 5.74) is 0.